The van der Waals surface area contributed by atoms with Crippen LogP contribution in [0.25, 0.3) is 0 Å². The molecule has 1 aliphatic rings. The molecule has 18 heavy (non-hydrogen) atoms. The third-order valence-corrected chi connectivity index (χ3v) is 4.14. The average molecular weight is 270 g/mol. The third kappa shape index (κ3) is 2.75. The lowest BCUT2D eigenvalue weighted by molar-refractivity contribution is -0.112. The van der Waals surface area contributed by atoms with Gasteiger partial charge in [0.25, 0.3) is 0 Å². The van der Waals surface area contributed by atoms with Crippen LogP contribution in [0.3, 0.4) is 0 Å². The second kappa shape index (κ2) is 5.85. The summed E-state index contributed by atoms with van der Waals surface area (Å²) in [5, 5.41) is 5.21. The molecule has 5 heteroatoms. The van der Waals surface area contributed by atoms with Gasteiger partial charge in [-0.15, -0.1) is 0 Å². The van der Waals surface area contributed by atoms with E-state index < -0.39 is 0 Å². The summed E-state index contributed by atoms with van der Waals surface area (Å²) in [7, 11) is 0. The van der Waals surface area contributed by atoms with Gasteiger partial charge in [-0.2, -0.15) is 5.10 Å². The van der Waals surface area contributed by atoms with Gasteiger partial charge in [0.2, 0.25) is 0 Å². The Labute approximate surface area is 113 Å². The van der Waals surface area contributed by atoms with Gasteiger partial charge in [0.1, 0.15) is 6.29 Å². The zero-order chi connectivity index (χ0) is 13.1. The first-order chi connectivity index (χ1) is 8.65. The summed E-state index contributed by atoms with van der Waals surface area (Å²) in [5.41, 5.74) is 2.00. The average Bonchev–Trinajstić information content (AvgIpc) is 2.67. The van der Waals surface area contributed by atoms with Gasteiger partial charge in [-0.05, 0) is 39.8 Å². The Hall–Kier alpha value is -0.870. The molecule has 0 atom stereocenters. The highest BCUT2D eigenvalue weighted by molar-refractivity contribution is 6.31. The molecule has 0 bridgehead atoms. The molecule has 2 heterocycles. The fourth-order valence-corrected chi connectivity index (χ4v) is 2.67. The lowest BCUT2D eigenvalue weighted by Crippen LogP contribution is -2.34. The first-order valence-corrected chi connectivity index (χ1v) is 6.93. The van der Waals surface area contributed by atoms with Gasteiger partial charge in [-0.1, -0.05) is 11.6 Å². The first-order valence-electron chi connectivity index (χ1n) is 6.55. The number of piperidine rings is 1. The van der Waals surface area contributed by atoms with Crippen LogP contribution in [0.1, 0.15) is 31.2 Å². The van der Waals surface area contributed by atoms with Crippen LogP contribution >= 0.6 is 11.6 Å². The molecule has 0 unspecified atom stereocenters. The number of carbonyl (C=O) groups is 1. The van der Waals surface area contributed by atoms with E-state index in [4.69, 9.17) is 11.6 Å². The molecule has 100 valence electrons. The minimum atomic E-state index is 0.245. The quantitative estimate of drug-likeness (QED) is 0.787. The Morgan fingerprint density at radius 1 is 1.44 bits per heavy atom. The van der Waals surface area contributed by atoms with Gasteiger partial charge in [0.15, 0.2) is 0 Å². The fraction of sp³-hybridized carbons (Fsp3) is 0.692. The number of carbonyl (C=O) groups excluding carboxylic acids is 1. The second-order valence-electron chi connectivity index (χ2n) is 4.91. The monoisotopic (exact) mass is 269 g/mol. The van der Waals surface area contributed by atoms with Gasteiger partial charge in [-0.3, -0.25) is 9.58 Å². The molecule has 0 aliphatic carbocycles. The van der Waals surface area contributed by atoms with Gasteiger partial charge >= 0.3 is 0 Å². The van der Waals surface area contributed by atoms with Gasteiger partial charge < -0.3 is 4.79 Å². The van der Waals surface area contributed by atoms with Crippen molar-refractivity contribution in [1.82, 2.24) is 14.7 Å². The molecule has 0 spiro atoms. The molecule has 1 saturated heterocycles. The fourth-order valence-electron chi connectivity index (χ4n) is 2.48. The van der Waals surface area contributed by atoms with Crippen molar-refractivity contribution in [2.75, 3.05) is 13.1 Å². The number of halogens is 1. The van der Waals surface area contributed by atoms with Crippen molar-refractivity contribution >= 4 is 17.9 Å². The standard InChI is InChI=1S/C13H20ClN3O/c1-3-17-12(13(14)10(2)15-17)8-16-6-4-11(9-18)5-7-16/h9,11H,3-8H2,1-2H3. The maximum atomic E-state index is 10.7. The van der Waals surface area contributed by atoms with E-state index in [-0.39, 0.29) is 5.92 Å². The van der Waals surface area contributed by atoms with Crippen molar-refractivity contribution in [3.63, 3.8) is 0 Å². The van der Waals surface area contributed by atoms with E-state index in [2.05, 4.69) is 16.9 Å². The molecule has 1 fully saturated rings. The number of likely N-dealkylation sites (tertiary alicyclic amines) is 1. The number of aryl methyl sites for hydroxylation is 2. The summed E-state index contributed by atoms with van der Waals surface area (Å²) in [4.78, 5) is 13.1. The van der Waals surface area contributed by atoms with E-state index in [9.17, 15) is 4.79 Å². The molecule has 2 rings (SSSR count). The van der Waals surface area contributed by atoms with Crippen LogP contribution in [0, 0.1) is 12.8 Å². The predicted octanol–water partition coefficient (Wildman–Crippen LogP) is 2.28. The summed E-state index contributed by atoms with van der Waals surface area (Å²) in [6.07, 6.45) is 3.01. The highest BCUT2D eigenvalue weighted by atomic mass is 35.5. The molecule has 0 saturated carbocycles. The van der Waals surface area contributed by atoms with E-state index in [0.29, 0.717) is 0 Å². The summed E-state index contributed by atoms with van der Waals surface area (Å²) in [6, 6.07) is 0. The first kappa shape index (κ1) is 13.6. The molecule has 0 aromatic carbocycles. The number of hydrogen-bond donors (Lipinski definition) is 0. The van der Waals surface area contributed by atoms with E-state index in [1.54, 1.807) is 0 Å². The minimum absolute atomic E-state index is 0.245. The predicted molar refractivity (Wildman–Crippen MR) is 71.7 cm³/mol. The van der Waals surface area contributed by atoms with Crippen molar-refractivity contribution in [1.29, 1.82) is 0 Å². The van der Waals surface area contributed by atoms with Crippen LogP contribution in [0.15, 0.2) is 0 Å². The smallest absolute Gasteiger partial charge is 0.123 e. The Morgan fingerprint density at radius 3 is 2.67 bits per heavy atom. The number of rotatable bonds is 4. The maximum Gasteiger partial charge on any atom is 0.123 e. The minimum Gasteiger partial charge on any atom is -0.303 e. The summed E-state index contributed by atoms with van der Waals surface area (Å²) >= 11 is 6.30. The molecule has 1 aromatic heterocycles. The highest BCUT2D eigenvalue weighted by Gasteiger charge is 2.21. The highest BCUT2D eigenvalue weighted by Crippen LogP contribution is 2.24. The molecule has 4 nitrogen and oxygen atoms in total. The lowest BCUT2D eigenvalue weighted by Gasteiger charge is -2.29. The van der Waals surface area contributed by atoms with Crippen LogP contribution in [0.4, 0.5) is 0 Å². The Kier molecular flexibility index (Phi) is 4.40. The number of hydrogen-bond acceptors (Lipinski definition) is 3. The van der Waals surface area contributed by atoms with Crippen molar-refractivity contribution in [3.8, 4) is 0 Å². The van der Waals surface area contributed by atoms with E-state index in [1.807, 2.05) is 11.6 Å². The molecule has 0 amide bonds. The van der Waals surface area contributed by atoms with Crippen LogP contribution in [0.2, 0.25) is 5.02 Å². The van der Waals surface area contributed by atoms with Crippen molar-refractivity contribution in [2.45, 2.75) is 39.8 Å². The Bertz CT molecular complexity index is 422. The zero-order valence-electron chi connectivity index (χ0n) is 11.0. The topological polar surface area (TPSA) is 38.1 Å². The number of nitrogens with zero attached hydrogens (tertiary/aromatic N) is 3. The van der Waals surface area contributed by atoms with E-state index >= 15 is 0 Å². The molecule has 0 N–H and O–H groups in total. The number of aldehydes is 1. The van der Waals surface area contributed by atoms with Crippen molar-refractivity contribution in [2.24, 2.45) is 5.92 Å². The van der Waals surface area contributed by atoms with Crippen molar-refractivity contribution < 1.29 is 4.79 Å². The van der Waals surface area contributed by atoms with Gasteiger partial charge in [0.05, 0.1) is 16.4 Å². The van der Waals surface area contributed by atoms with Gasteiger partial charge in [0, 0.05) is 19.0 Å². The normalized spacial score (nSPS) is 18.2. The Balaban J connectivity index is 2.04. The summed E-state index contributed by atoms with van der Waals surface area (Å²) in [6.45, 7) is 7.62. The molecule has 0 radical (unpaired) electrons. The second-order valence-corrected chi connectivity index (χ2v) is 5.29. The van der Waals surface area contributed by atoms with Crippen LogP contribution in [0.5, 0.6) is 0 Å². The van der Waals surface area contributed by atoms with Crippen LogP contribution in [-0.2, 0) is 17.9 Å². The third-order valence-electron chi connectivity index (χ3n) is 3.65. The molecule has 1 aromatic rings. The van der Waals surface area contributed by atoms with E-state index in [1.165, 1.54) is 0 Å². The Morgan fingerprint density at radius 2 is 2.11 bits per heavy atom. The van der Waals surface area contributed by atoms with Gasteiger partial charge in [-0.25, -0.2) is 0 Å². The SMILES string of the molecule is CCn1nc(C)c(Cl)c1CN1CCC(C=O)CC1. The molecular weight excluding hydrogens is 250 g/mol. The lowest BCUT2D eigenvalue weighted by atomic mass is 9.98. The van der Waals surface area contributed by atoms with E-state index in [0.717, 1.165) is 61.7 Å². The molecular formula is C13H20ClN3O. The zero-order valence-corrected chi connectivity index (χ0v) is 11.8. The maximum absolute atomic E-state index is 10.7. The summed E-state index contributed by atoms with van der Waals surface area (Å²) < 4.78 is 1.98. The molecule has 1 aliphatic heterocycles. The summed E-state index contributed by atoms with van der Waals surface area (Å²) in [5.74, 6) is 0.245. The largest absolute Gasteiger partial charge is 0.303 e. The van der Waals surface area contributed by atoms with Crippen LogP contribution < -0.4 is 0 Å². The van der Waals surface area contributed by atoms with Crippen LogP contribution in [-0.4, -0.2) is 34.1 Å². The number of aromatic nitrogens is 2. The van der Waals surface area contributed by atoms with Crippen molar-refractivity contribution in [3.05, 3.63) is 16.4 Å².